The Morgan fingerprint density at radius 2 is 1.89 bits per heavy atom. The van der Waals surface area contributed by atoms with Gasteiger partial charge in [-0.1, -0.05) is 41.9 Å². The van der Waals surface area contributed by atoms with E-state index in [1.807, 2.05) is 30.3 Å². The average Bonchev–Trinajstić information content (AvgIpc) is 2.72. The van der Waals surface area contributed by atoms with E-state index in [9.17, 15) is 9.59 Å². The zero-order valence-corrected chi connectivity index (χ0v) is 15.7. The summed E-state index contributed by atoms with van der Waals surface area (Å²) in [6.45, 7) is 0.280. The molecule has 0 saturated heterocycles. The molecule has 2 amide bonds. The van der Waals surface area contributed by atoms with Crippen LogP contribution in [0.2, 0.25) is 5.02 Å². The molecule has 0 unspecified atom stereocenters. The Bertz CT molecular complexity index is 1000. The number of benzene rings is 2. The van der Waals surface area contributed by atoms with E-state index >= 15 is 0 Å². The first-order chi connectivity index (χ1) is 13.6. The molecule has 0 atom stereocenters. The van der Waals surface area contributed by atoms with Crippen molar-refractivity contribution in [1.29, 1.82) is 0 Å². The number of nitrogens with zero attached hydrogens (tertiary/aromatic N) is 1. The Labute approximate surface area is 168 Å². The van der Waals surface area contributed by atoms with E-state index < -0.39 is 0 Å². The molecule has 0 fully saturated rings. The van der Waals surface area contributed by atoms with Gasteiger partial charge in [0.05, 0.1) is 5.56 Å². The molecule has 2 N–H and O–H groups in total. The van der Waals surface area contributed by atoms with Crippen LogP contribution in [-0.4, -0.2) is 16.8 Å². The highest BCUT2D eigenvalue weighted by Crippen LogP contribution is 2.16. The van der Waals surface area contributed by atoms with Crippen LogP contribution in [-0.2, 0) is 11.3 Å². The summed E-state index contributed by atoms with van der Waals surface area (Å²) in [4.78, 5) is 28.4. The minimum absolute atomic E-state index is 0.227. The van der Waals surface area contributed by atoms with Crippen molar-refractivity contribution in [2.75, 3.05) is 5.32 Å². The molecule has 1 aromatic heterocycles. The van der Waals surface area contributed by atoms with Crippen molar-refractivity contribution in [3.63, 3.8) is 0 Å². The van der Waals surface area contributed by atoms with Gasteiger partial charge in [0.2, 0.25) is 5.91 Å². The molecule has 140 valence electrons. The highest BCUT2D eigenvalue weighted by atomic mass is 35.5. The fraction of sp³-hybridized carbons (Fsp3) is 0.0455. The predicted molar refractivity (Wildman–Crippen MR) is 111 cm³/mol. The molecule has 5 nitrogen and oxygen atoms in total. The molecule has 0 radical (unpaired) electrons. The fourth-order valence-electron chi connectivity index (χ4n) is 2.53. The number of amides is 2. The largest absolute Gasteiger partial charge is 0.348 e. The van der Waals surface area contributed by atoms with Gasteiger partial charge in [0.1, 0.15) is 0 Å². The monoisotopic (exact) mass is 391 g/mol. The second-order valence-electron chi connectivity index (χ2n) is 5.96. The van der Waals surface area contributed by atoms with E-state index in [0.717, 1.165) is 11.1 Å². The summed E-state index contributed by atoms with van der Waals surface area (Å²) in [5.74, 6) is -0.499. The Kier molecular flexibility index (Phi) is 6.54. The Morgan fingerprint density at radius 3 is 2.68 bits per heavy atom. The Balaban J connectivity index is 1.63. The van der Waals surface area contributed by atoms with Crippen molar-refractivity contribution in [3.8, 4) is 0 Å². The Morgan fingerprint density at radius 1 is 1.04 bits per heavy atom. The summed E-state index contributed by atoms with van der Waals surface area (Å²) in [6, 6.07) is 17.9. The number of hydrogen-bond donors (Lipinski definition) is 2. The Hall–Kier alpha value is -3.44. The number of pyridine rings is 1. The second-order valence-corrected chi connectivity index (χ2v) is 6.40. The van der Waals surface area contributed by atoms with E-state index in [-0.39, 0.29) is 18.4 Å². The molecule has 3 rings (SSSR count). The van der Waals surface area contributed by atoms with Gasteiger partial charge >= 0.3 is 0 Å². The quantitative estimate of drug-likeness (QED) is 0.615. The average molecular weight is 392 g/mol. The number of carbonyl (C=O) groups excluding carboxylic acids is 2. The third-order valence-corrected chi connectivity index (χ3v) is 4.15. The molecular formula is C22H18ClN3O2. The van der Waals surface area contributed by atoms with Crippen molar-refractivity contribution in [2.24, 2.45) is 0 Å². The number of carbonyl (C=O) groups is 2. The summed E-state index contributed by atoms with van der Waals surface area (Å²) < 4.78 is 0. The van der Waals surface area contributed by atoms with E-state index in [1.54, 1.807) is 42.6 Å². The molecule has 0 saturated carbocycles. The summed E-state index contributed by atoms with van der Waals surface area (Å²) in [7, 11) is 0. The van der Waals surface area contributed by atoms with Gasteiger partial charge in [0, 0.05) is 35.7 Å². The van der Waals surface area contributed by atoms with E-state index in [2.05, 4.69) is 15.6 Å². The van der Waals surface area contributed by atoms with Crippen molar-refractivity contribution in [1.82, 2.24) is 10.3 Å². The molecule has 0 aliphatic carbocycles. The zero-order valence-electron chi connectivity index (χ0n) is 14.9. The smallest absolute Gasteiger partial charge is 0.253 e. The topological polar surface area (TPSA) is 71.1 Å². The maximum Gasteiger partial charge on any atom is 0.253 e. The lowest BCUT2D eigenvalue weighted by molar-refractivity contribution is -0.111. The molecular weight excluding hydrogens is 374 g/mol. The zero-order chi connectivity index (χ0) is 19.8. The highest BCUT2D eigenvalue weighted by molar-refractivity contribution is 6.30. The van der Waals surface area contributed by atoms with E-state index in [1.165, 1.54) is 12.3 Å². The van der Waals surface area contributed by atoms with Crippen LogP contribution >= 0.6 is 11.6 Å². The van der Waals surface area contributed by atoms with Crippen LogP contribution in [0.25, 0.3) is 6.08 Å². The molecule has 28 heavy (non-hydrogen) atoms. The first-order valence-corrected chi connectivity index (χ1v) is 9.00. The van der Waals surface area contributed by atoms with Crippen LogP contribution in [0, 0.1) is 0 Å². The first-order valence-electron chi connectivity index (χ1n) is 8.62. The lowest BCUT2D eigenvalue weighted by atomic mass is 10.1. The minimum Gasteiger partial charge on any atom is -0.348 e. The first kappa shape index (κ1) is 19.3. The van der Waals surface area contributed by atoms with E-state index in [4.69, 9.17) is 11.6 Å². The van der Waals surface area contributed by atoms with Crippen molar-refractivity contribution in [3.05, 3.63) is 101 Å². The normalized spacial score (nSPS) is 10.6. The van der Waals surface area contributed by atoms with Gasteiger partial charge in [-0.2, -0.15) is 0 Å². The van der Waals surface area contributed by atoms with Gasteiger partial charge in [0.25, 0.3) is 5.91 Å². The van der Waals surface area contributed by atoms with Crippen LogP contribution in [0.1, 0.15) is 21.5 Å². The lowest BCUT2D eigenvalue weighted by Gasteiger charge is -2.11. The van der Waals surface area contributed by atoms with Crippen LogP contribution in [0.4, 0.5) is 5.69 Å². The van der Waals surface area contributed by atoms with Crippen LogP contribution in [0.3, 0.4) is 0 Å². The number of anilines is 1. The number of nitrogens with one attached hydrogen (secondary N) is 2. The SMILES string of the molecule is O=C(/C=C/c1cccc(Cl)c1)Nc1ccccc1CNC(=O)c1cccnc1. The van der Waals surface area contributed by atoms with Gasteiger partial charge in [-0.05, 0) is 47.5 Å². The molecule has 3 aromatic rings. The summed E-state index contributed by atoms with van der Waals surface area (Å²) in [5, 5.41) is 6.28. The molecule has 0 spiro atoms. The van der Waals surface area contributed by atoms with Crippen molar-refractivity contribution in [2.45, 2.75) is 6.54 Å². The molecule has 1 heterocycles. The van der Waals surface area contributed by atoms with Gasteiger partial charge in [-0.3, -0.25) is 14.6 Å². The van der Waals surface area contributed by atoms with Crippen LogP contribution in [0.5, 0.6) is 0 Å². The van der Waals surface area contributed by atoms with Crippen LogP contribution in [0.15, 0.2) is 79.1 Å². The number of hydrogen-bond acceptors (Lipinski definition) is 3. The lowest BCUT2D eigenvalue weighted by Crippen LogP contribution is -2.23. The number of para-hydroxylation sites is 1. The summed E-state index contributed by atoms with van der Waals surface area (Å²) >= 11 is 5.94. The van der Waals surface area contributed by atoms with Crippen molar-refractivity contribution < 1.29 is 9.59 Å². The molecule has 6 heteroatoms. The van der Waals surface area contributed by atoms with Crippen molar-refractivity contribution >= 4 is 35.2 Å². The standard InChI is InChI=1S/C22H18ClN3O2/c23-19-8-3-5-16(13-19)10-11-21(27)26-20-9-2-1-6-17(20)15-25-22(28)18-7-4-12-24-14-18/h1-14H,15H2,(H,25,28)(H,26,27)/b11-10+. The maximum absolute atomic E-state index is 12.3. The highest BCUT2D eigenvalue weighted by Gasteiger charge is 2.08. The van der Waals surface area contributed by atoms with Gasteiger partial charge in [-0.25, -0.2) is 0 Å². The van der Waals surface area contributed by atoms with Crippen LogP contribution < -0.4 is 10.6 Å². The summed E-state index contributed by atoms with van der Waals surface area (Å²) in [6.07, 6.45) is 6.24. The third-order valence-electron chi connectivity index (χ3n) is 3.91. The molecule has 0 aliphatic rings. The fourth-order valence-corrected chi connectivity index (χ4v) is 2.73. The van der Waals surface area contributed by atoms with E-state index in [0.29, 0.717) is 16.3 Å². The number of halogens is 1. The minimum atomic E-state index is -0.272. The summed E-state index contributed by atoms with van der Waals surface area (Å²) in [5.41, 5.74) is 2.74. The number of rotatable bonds is 6. The third kappa shape index (κ3) is 5.53. The predicted octanol–water partition coefficient (Wildman–Crippen LogP) is 4.32. The van der Waals surface area contributed by atoms with Gasteiger partial charge < -0.3 is 10.6 Å². The molecule has 0 aliphatic heterocycles. The molecule has 0 bridgehead atoms. The van der Waals surface area contributed by atoms with Gasteiger partial charge in [0.15, 0.2) is 0 Å². The number of aromatic nitrogens is 1. The molecule has 2 aromatic carbocycles. The maximum atomic E-state index is 12.3. The van der Waals surface area contributed by atoms with Gasteiger partial charge in [-0.15, -0.1) is 0 Å². The second kappa shape index (κ2) is 9.48.